The van der Waals surface area contributed by atoms with Crippen molar-refractivity contribution in [1.29, 1.82) is 5.26 Å². The minimum Gasteiger partial charge on any atom is -0.389 e. The van der Waals surface area contributed by atoms with Crippen LogP contribution in [0.1, 0.15) is 5.56 Å². The minimum absolute atomic E-state index is 0.248. The fourth-order valence-electron chi connectivity index (χ4n) is 1.89. The molecule has 1 aromatic carbocycles. The van der Waals surface area contributed by atoms with E-state index in [9.17, 15) is 5.11 Å². The maximum atomic E-state index is 9.66. The molecule has 0 bridgehead atoms. The molecule has 5 nitrogen and oxygen atoms in total. The lowest BCUT2D eigenvalue weighted by molar-refractivity contribution is 0.0728. The molecule has 5 heteroatoms. The molecule has 0 spiro atoms. The first-order chi connectivity index (χ1) is 9.26. The molecular formula is C14H15N3O2. The number of pyridine rings is 1. The zero-order chi connectivity index (χ0) is 13.7. The fraction of sp³-hybridized carbons (Fsp3) is 0.286. The molecule has 0 radical (unpaired) electrons. The van der Waals surface area contributed by atoms with Crippen LogP contribution < -0.4 is 5.32 Å². The van der Waals surface area contributed by atoms with E-state index in [2.05, 4.69) is 16.4 Å². The van der Waals surface area contributed by atoms with Gasteiger partial charge in [-0.3, -0.25) is 4.98 Å². The van der Waals surface area contributed by atoms with E-state index in [1.807, 2.05) is 24.3 Å². The standard InChI is InChI=1S/C14H15N3O2/c1-19-9-11(18)8-17-14-10(6-15)7-16-13-5-3-2-4-12(13)14/h2-5,7,11,18H,8-9H2,1H3,(H,16,17). The molecule has 2 aromatic rings. The molecular weight excluding hydrogens is 242 g/mol. The van der Waals surface area contributed by atoms with Crippen LogP contribution in [0.4, 0.5) is 5.69 Å². The van der Waals surface area contributed by atoms with Crippen LogP contribution in [-0.2, 0) is 4.74 Å². The monoisotopic (exact) mass is 257 g/mol. The molecule has 19 heavy (non-hydrogen) atoms. The van der Waals surface area contributed by atoms with Gasteiger partial charge in [0.2, 0.25) is 0 Å². The van der Waals surface area contributed by atoms with E-state index >= 15 is 0 Å². The summed E-state index contributed by atoms with van der Waals surface area (Å²) in [4.78, 5) is 4.23. The van der Waals surface area contributed by atoms with Gasteiger partial charge in [0.25, 0.3) is 0 Å². The van der Waals surface area contributed by atoms with Gasteiger partial charge in [-0.1, -0.05) is 18.2 Å². The van der Waals surface area contributed by atoms with Gasteiger partial charge < -0.3 is 15.2 Å². The van der Waals surface area contributed by atoms with E-state index in [-0.39, 0.29) is 6.61 Å². The number of aliphatic hydroxyl groups excluding tert-OH is 1. The van der Waals surface area contributed by atoms with Gasteiger partial charge in [-0.05, 0) is 6.07 Å². The maximum Gasteiger partial charge on any atom is 0.103 e. The van der Waals surface area contributed by atoms with E-state index in [0.717, 1.165) is 10.9 Å². The number of anilines is 1. The highest BCUT2D eigenvalue weighted by molar-refractivity contribution is 5.93. The second-order valence-corrected chi connectivity index (χ2v) is 4.17. The van der Waals surface area contributed by atoms with Crippen molar-refractivity contribution in [3.05, 3.63) is 36.0 Å². The predicted octanol–water partition coefficient (Wildman–Crippen LogP) is 1.53. The highest BCUT2D eigenvalue weighted by Crippen LogP contribution is 2.25. The average molecular weight is 257 g/mol. The summed E-state index contributed by atoms with van der Waals surface area (Å²) in [5.41, 5.74) is 1.97. The molecule has 0 saturated heterocycles. The second-order valence-electron chi connectivity index (χ2n) is 4.17. The zero-order valence-corrected chi connectivity index (χ0v) is 10.6. The Bertz CT molecular complexity index is 607. The third kappa shape index (κ3) is 2.99. The Morgan fingerprint density at radius 2 is 2.26 bits per heavy atom. The molecule has 2 rings (SSSR count). The van der Waals surface area contributed by atoms with Crippen LogP contribution in [0, 0.1) is 11.3 Å². The number of fused-ring (bicyclic) bond motifs is 1. The van der Waals surface area contributed by atoms with Crippen molar-refractivity contribution in [3.8, 4) is 6.07 Å². The van der Waals surface area contributed by atoms with Crippen molar-refractivity contribution >= 4 is 16.6 Å². The normalized spacial score (nSPS) is 12.1. The van der Waals surface area contributed by atoms with Crippen LogP contribution in [0.25, 0.3) is 10.9 Å². The van der Waals surface area contributed by atoms with Crippen LogP contribution in [0.3, 0.4) is 0 Å². The number of nitrogens with zero attached hydrogens (tertiary/aromatic N) is 2. The van der Waals surface area contributed by atoms with Crippen LogP contribution >= 0.6 is 0 Å². The Morgan fingerprint density at radius 1 is 1.47 bits per heavy atom. The molecule has 0 saturated carbocycles. The molecule has 0 aliphatic rings. The number of ether oxygens (including phenoxy) is 1. The Kier molecular flexibility index (Phi) is 4.29. The Labute approximate surface area is 111 Å². The number of aliphatic hydroxyl groups is 1. The van der Waals surface area contributed by atoms with Crippen molar-refractivity contribution in [2.75, 3.05) is 25.6 Å². The lowest BCUT2D eigenvalue weighted by Gasteiger charge is -2.14. The number of aromatic nitrogens is 1. The van der Waals surface area contributed by atoms with Crippen molar-refractivity contribution < 1.29 is 9.84 Å². The first kappa shape index (κ1) is 13.3. The molecule has 1 atom stereocenters. The summed E-state index contributed by atoms with van der Waals surface area (Å²) in [6, 6.07) is 9.67. The number of nitriles is 1. The van der Waals surface area contributed by atoms with Gasteiger partial charge in [0.1, 0.15) is 6.07 Å². The van der Waals surface area contributed by atoms with Crippen LogP contribution in [0.15, 0.2) is 30.5 Å². The molecule has 1 unspecified atom stereocenters. The fourth-order valence-corrected chi connectivity index (χ4v) is 1.89. The Balaban J connectivity index is 2.32. The van der Waals surface area contributed by atoms with E-state index < -0.39 is 6.10 Å². The molecule has 0 aliphatic heterocycles. The lowest BCUT2D eigenvalue weighted by Crippen LogP contribution is -2.24. The Morgan fingerprint density at radius 3 is 3.00 bits per heavy atom. The van der Waals surface area contributed by atoms with Crippen LogP contribution in [-0.4, -0.2) is 36.5 Å². The first-order valence-corrected chi connectivity index (χ1v) is 5.95. The molecule has 98 valence electrons. The number of methoxy groups -OCH3 is 1. The summed E-state index contributed by atoms with van der Waals surface area (Å²) >= 11 is 0. The number of para-hydroxylation sites is 1. The SMILES string of the molecule is COCC(O)CNc1c(C#N)cnc2ccccc12. The summed E-state index contributed by atoms with van der Waals surface area (Å²) in [5, 5.41) is 22.8. The zero-order valence-electron chi connectivity index (χ0n) is 10.6. The van der Waals surface area contributed by atoms with Gasteiger partial charge in [0.05, 0.1) is 29.5 Å². The number of rotatable bonds is 5. The van der Waals surface area contributed by atoms with Crippen LogP contribution in [0.2, 0.25) is 0 Å². The second kappa shape index (κ2) is 6.14. The van der Waals surface area contributed by atoms with Gasteiger partial charge in [-0.2, -0.15) is 5.26 Å². The largest absolute Gasteiger partial charge is 0.389 e. The maximum absolute atomic E-state index is 9.66. The summed E-state index contributed by atoms with van der Waals surface area (Å²) in [6.07, 6.45) is 0.913. The molecule has 2 N–H and O–H groups in total. The molecule has 0 fully saturated rings. The highest BCUT2D eigenvalue weighted by Gasteiger charge is 2.10. The number of benzene rings is 1. The quantitative estimate of drug-likeness (QED) is 0.849. The van der Waals surface area contributed by atoms with Crippen LogP contribution in [0.5, 0.6) is 0 Å². The van der Waals surface area contributed by atoms with E-state index in [4.69, 9.17) is 10.00 Å². The van der Waals surface area contributed by atoms with E-state index in [1.165, 1.54) is 13.3 Å². The highest BCUT2D eigenvalue weighted by atomic mass is 16.5. The van der Waals surface area contributed by atoms with E-state index in [1.54, 1.807) is 0 Å². The minimum atomic E-state index is -0.622. The molecule has 0 aliphatic carbocycles. The number of nitrogens with one attached hydrogen (secondary N) is 1. The van der Waals surface area contributed by atoms with Crippen molar-refractivity contribution in [3.63, 3.8) is 0 Å². The van der Waals surface area contributed by atoms with Gasteiger partial charge in [-0.25, -0.2) is 0 Å². The summed E-state index contributed by atoms with van der Waals surface area (Å²) in [5.74, 6) is 0. The van der Waals surface area contributed by atoms with Gasteiger partial charge in [0, 0.05) is 25.2 Å². The third-order valence-electron chi connectivity index (χ3n) is 2.77. The molecule has 1 aromatic heterocycles. The van der Waals surface area contributed by atoms with Gasteiger partial charge in [-0.15, -0.1) is 0 Å². The first-order valence-electron chi connectivity index (χ1n) is 5.95. The number of hydrogen-bond donors (Lipinski definition) is 2. The Hall–Kier alpha value is -2.16. The predicted molar refractivity (Wildman–Crippen MR) is 72.8 cm³/mol. The molecule has 0 amide bonds. The topological polar surface area (TPSA) is 78.2 Å². The summed E-state index contributed by atoms with van der Waals surface area (Å²) in [7, 11) is 1.53. The lowest BCUT2D eigenvalue weighted by atomic mass is 10.1. The summed E-state index contributed by atoms with van der Waals surface area (Å²) in [6.45, 7) is 0.564. The average Bonchev–Trinajstić information content (AvgIpc) is 2.44. The van der Waals surface area contributed by atoms with E-state index in [0.29, 0.717) is 17.8 Å². The smallest absolute Gasteiger partial charge is 0.103 e. The van der Waals surface area contributed by atoms with Gasteiger partial charge >= 0.3 is 0 Å². The molecule has 1 heterocycles. The van der Waals surface area contributed by atoms with Crippen molar-refractivity contribution in [2.45, 2.75) is 6.10 Å². The third-order valence-corrected chi connectivity index (χ3v) is 2.77. The summed E-state index contributed by atoms with van der Waals surface area (Å²) < 4.78 is 4.87. The number of hydrogen-bond acceptors (Lipinski definition) is 5. The van der Waals surface area contributed by atoms with Gasteiger partial charge in [0.15, 0.2) is 0 Å². The van der Waals surface area contributed by atoms with Crippen molar-refractivity contribution in [2.24, 2.45) is 0 Å². The van der Waals surface area contributed by atoms with Crippen molar-refractivity contribution in [1.82, 2.24) is 4.98 Å².